The molecule has 2 heterocycles. The molecule has 25 heavy (non-hydrogen) atoms. The molecule has 0 amide bonds. The van der Waals surface area contributed by atoms with Gasteiger partial charge in [-0.15, -0.1) is 0 Å². The lowest BCUT2D eigenvalue weighted by molar-refractivity contribution is -0.923. The summed E-state index contributed by atoms with van der Waals surface area (Å²) in [6.07, 6.45) is 1.90. The van der Waals surface area contributed by atoms with E-state index in [1.807, 2.05) is 6.07 Å². The van der Waals surface area contributed by atoms with Gasteiger partial charge in [0.05, 0.1) is 27.7 Å². The molecule has 0 fully saturated rings. The fourth-order valence-electron chi connectivity index (χ4n) is 4.64. The summed E-state index contributed by atoms with van der Waals surface area (Å²) in [5.74, 6) is 2.23. The molecule has 2 aromatic rings. The third kappa shape index (κ3) is 1.87. The van der Waals surface area contributed by atoms with Gasteiger partial charge in [0.25, 0.3) is 0 Å². The number of hydrogen-bond acceptors (Lipinski definition) is 4. The van der Waals surface area contributed by atoms with E-state index in [4.69, 9.17) is 14.2 Å². The molecule has 5 nitrogen and oxygen atoms in total. The fourth-order valence-corrected chi connectivity index (χ4v) is 4.64. The molecule has 5 heteroatoms. The van der Waals surface area contributed by atoms with E-state index in [9.17, 15) is 5.11 Å². The van der Waals surface area contributed by atoms with Crippen LogP contribution < -0.4 is 14.2 Å². The van der Waals surface area contributed by atoms with Crippen molar-refractivity contribution in [2.45, 2.75) is 18.9 Å². The third-order valence-electron chi connectivity index (χ3n) is 6.03. The first-order valence-corrected chi connectivity index (χ1v) is 8.68. The summed E-state index contributed by atoms with van der Waals surface area (Å²) in [5, 5.41) is 10.9. The summed E-state index contributed by atoms with van der Waals surface area (Å²) in [5.41, 5.74) is 5.60. The predicted molar refractivity (Wildman–Crippen MR) is 93.3 cm³/mol. The first-order chi connectivity index (χ1) is 12.0. The Balaban J connectivity index is 1.89. The SMILES string of the molecule is COc1ccc2c(c1O)-c1c3c(cc4c1[C@H](C2)[N+](C)(C)CC4)OCO3. The lowest BCUT2D eigenvalue weighted by Gasteiger charge is -2.46. The minimum atomic E-state index is 0.195. The molecule has 5 rings (SSSR count). The Morgan fingerprint density at radius 3 is 2.80 bits per heavy atom. The van der Waals surface area contributed by atoms with Crippen molar-refractivity contribution < 1.29 is 23.8 Å². The van der Waals surface area contributed by atoms with Crippen LogP contribution in [0.4, 0.5) is 0 Å². The average molecular weight is 340 g/mol. The number of phenolic OH excluding ortho intramolecular Hbond substituents is 1. The summed E-state index contributed by atoms with van der Waals surface area (Å²) in [4.78, 5) is 0. The van der Waals surface area contributed by atoms with E-state index in [0.29, 0.717) is 11.8 Å². The Bertz CT molecular complexity index is 903. The van der Waals surface area contributed by atoms with Gasteiger partial charge in [0.15, 0.2) is 23.0 Å². The van der Waals surface area contributed by atoms with Crippen molar-refractivity contribution >= 4 is 0 Å². The number of ether oxygens (including phenoxy) is 3. The highest BCUT2D eigenvalue weighted by Crippen LogP contribution is 2.57. The van der Waals surface area contributed by atoms with Crippen LogP contribution in [0.3, 0.4) is 0 Å². The topological polar surface area (TPSA) is 47.9 Å². The average Bonchev–Trinajstić information content (AvgIpc) is 3.06. The van der Waals surface area contributed by atoms with Gasteiger partial charge in [0.1, 0.15) is 6.04 Å². The van der Waals surface area contributed by atoms with Crippen molar-refractivity contribution in [1.82, 2.24) is 0 Å². The monoisotopic (exact) mass is 340 g/mol. The van der Waals surface area contributed by atoms with Crippen LogP contribution in [0.1, 0.15) is 22.7 Å². The van der Waals surface area contributed by atoms with Gasteiger partial charge in [-0.25, -0.2) is 0 Å². The van der Waals surface area contributed by atoms with E-state index >= 15 is 0 Å². The highest BCUT2D eigenvalue weighted by molar-refractivity contribution is 5.88. The molecule has 2 aliphatic heterocycles. The summed E-state index contributed by atoms with van der Waals surface area (Å²) in [7, 11) is 6.16. The molecule has 3 aliphatic rings. The normalized spacial score (nSPS) is 21.5. The van der Waals surface area contributed by atoms with Gasteiger partial charge in [-0.05, 0) is 23.3 Å². The number of aromatic hydroxyl groups is 1. The zero-order valence-corrected chi connectivity index (χ0v) is 14.8. The second-order valence-electron chi connectivity index (χ2n) is 7.68. The predicted octanol–water partition coefficient (Wildman–Crippen LogP) is 3.03. The van der Waals surface area contributed by atoms with Crippen molar-refractivity contribution in [3.63, 3.8) is 0 Å². The van der Waals surface area contributed by atoms with E-state index in [2.05, 4.69) is 26.2 Å². The molecule has 1 aliphatic carbocycles. The van der Waals surface area contributed by atoms with Crippen LogP contribution in [0.5, 0.6) is 23.0 Å². The molecule has 0 saturated heterocycles. The number of methoxy groups -OCH3 is 1. The minimum Gasteiger partial charge on any atom is -0.504 e. The molecular formula is C20H22NO4+. The van der Waals surface area contributed by atoms with E-state index in [-0.39, 0.29) is 12.5 Å². The summed E-state index contributed by atoms with van der Waals surface area (Å²) in [6.45, 7) is 1.32. The largest absolute Gasteiger partial charge is 0.504 e. The summed E-state index contributed by atoms with van der Waals surface area (Å²) in [6, 6.07) is 6.41. The number of phenols is 1. The highest BCUT2D eigenvalue weighted by atomic mass is 16.7. The number of nitrogens with zero attached hydrogens (tertiary/aromatic N) is 1. The molecule has 1 N–H and O–H groups in total. The zero-order valence-electron chi connectivity index (χ0n) is 14.8. The van der Waals surface area contributed by atoms with Gasteiger partial charge >= 0.3 is 0 Å². The molecule has 0 saturated carbocycles. The van der Waals surface area contributed by atoms with Gasteiger partial charge in [0.2, 0.25) is 6.79 Å². The van der Waals surface area contributed by atoms with Crippen LogP contribution in [0.25, 0.3) is 11.1 Å². The number of fused-ring (bicyclic) bond motifs is 4. The molecule has 0 spiro atoms. The van der Waals surface area contributed by atoms with Gasteiger partial charge in [-0.1, -0.05) is 6.07 Å². The Hall–Kier alpha value is -2.40. The van der Waals surface area contributed by atoms with E-state index in [1.165, 1.54) is 11.1 Å². The molecule has 0 radical (unpaired) electrons. The Morgan fingerprint density at radius 1 is 1.16 bits per heavy atom. The van der Waals surface area contributed by atoms with Crippen molar-refractivity contribution in [1.29, 1.82) is 0 Å². The standard InChI is InChI=1S/C20H21NO4/c1-21(2)7-6-12-9-15-20(25-10-24-15)18-16(12)13(21)8-11-4-5-14(23-3)19(22)17(11)18/h4-5,9,13H,6-8,10H2,1-3H3/p+1/t13-/m0/s1. The summed E-state index contributed by atoms with van der Waals surface area (Å²) < 4.78 is 17.8. The van der Waals surface area contributed by atoms with Crippen molar-refractivity contribution in [2.75, 3.05) is 34.5 Å². The molecule has 0 bridgehead atoms. The Morgan fingerprint density at radius 2 is 2.00 bits per heavy atom. The van der Waals surface area contributed by atoms with Gasteiger partial charge in [-0.2, -0.15) is 0 Å². The maximum atomic E-state index is 10.9. The smallest absolute Gasteiger partial charge is 0.231 e. The van der Waals surface area contributed by atoms with E-state index in [1.54, 1.807) is 7.11 Å². The van der Waals surface area contributed by atoms with Gasteiger partial charge in [0, 0.05) is 29.5 Å². The maximum Gasteiger partial charge on any atom is 0.231 e. The van der Waals surface area contributed by atoms with Crippen molar-refractivity contribution in [3.05, 3.63) is 34.9 Å². The first kappa shape index (κ1) is 14.9. The fraction of sp³-hybridized carbons (Fsp3) is 0.400. The number of likely N-dealkylation sites (N-methyl/N-ethyl adjacent to an activating group) is 1. The first-order valence-electron chi connectivity index (χ1n) is 8.68. The Labute approximate surface area is 146 Å². The van der Waals surface area contributed by atoms with Gasteiger partial charge in [-0.3, -0.25) is 0 Å². The molecule has 0 unspecified atom stereocenters. The van der Waals surface area contributed by atoms with Crippen LogP contribution in [-0.2, 0) is 12.8 Å². The molecular weight excluding hydrogens is 318 g/mol. The third-order valence-corrected chi connectivity index (χ3v) is 6.03. The van der Waals surface area contributed by atoms with Crippen LogP contribution in [0.15, 0.2) is 18.2 Å². The molecule has 130 valence electrons. The van der Waals surface area contributed by atoms with Crippen LogP contribution in [0, 0.1) is 0 Å². The zero-order chi connectivity index (χ0) is 17.3. The maximum absolute atomic E-state index is 10.9. The number of benzene rings is 2. The van der Waals surface area contributed by atoms with Crippen molar-refractivity contribution in [2.24, 2.45) is 0 Å². The van der Waals surface area contributed by atoms with Crippen LogP contribution in [0.2, 0.25) is 0 Å². The lowest BCUT2D eigenvalue weighted by atomic mass is 9.75. The van der Waals surface area contributed by atoms with Crippen LogP contribution in [-0.4, -0.2) is 44.1 Å². The number of hydrogen-bond donors (Lipinski definition) is 1. The van der Waals surface area contributed by atoms with E-state index in [0.717, 1.165) is 52.1 Å². The van der Waals surface area contributed by atoms with Gasteiger partial charge < -0.3 is 23.8 Å². The quantitative estimate of drug-likeness (QED) is 0.811. The molecule has 1 atom stereocenters. The number of quaternary nitrogens is 1. The second-order valence-corrected chi connectivity index (χ2v) is 7.68. The summed E-state index contributed by atoms with van der Waals surface area (Å²) >= 11 is 0. The minimum absolute atomic E-state index is 0.195. The Kier molecular flexibility index (Phi) is 2.87. The van der Waals surface area contributed by atoms with E-state index < -0.39 is 0 Å². The van der Waals surface area contributed by atoms with Crippen molar-refractivity contribution in [3.8, 4) is 34.1 Å². The number of rotatable bonds is 1. The molecule has 0 aromatic heterocycles. The van der Waals surface area contributed by atoms with Crippen LogP contribution >= 0.6 is 0 Å². The second kappa shape index (κ2) is 4.82. The lowest BCUT2D eigenvalue weighted by Crippen LogP contribution is -2.49. The molecule has 2 aromatic carbocycles. The highest BCUT2D eigenvalue weighted by Gasteiger charge is 2.45.